The summed E-state index contributed by atoms with van der Waals surface area (Å²) in [5.74, 6) is 0. The lowest BCUT2D eigenvalue weighted by atomic mass is 10.2. The monoisotopic (exact) mass is 190 g/mol. The van der Waals surface area contributed by atoms with Gasteiger partial charge in [0.05, 0.1) is 5.69 Å². The molecule has 0 unspecified atom stereocenters. The second kappa shape index (κ2) is 3.62. The number of nitrogens with zero attached hydrogens (tertiary/aromatic N) is 3. The van der Waals surface area contributed by atoms with Crippen LogP contribution in [0.4, 0.5) is 0 Å². The molecule has 0 fully saturated rings. The van der Waals surface area contributed by atoms with E-state index in [1.807, 2.05) is 18.4 Å². The van der Waals surface area contributed by atoms with E-state index in [4.69, 9.17) is 0 Å². The first-order chi connectivity index (χ1) is 6.40. The quantitative estimate of drug-likeness (QED) is 0.526. The van der Waals surface area contributed by atoms with Crippen molar-refractivity contribution in [2.24, 2.45) is 0 Å². The van der Waals surface area contributed by atoms with Gasteiger partial charge in [-0.3, -0.25) is 5.32 Å². The van der Waals surface area contributed by atoms with Crippen molar-refractivity contribution in [3.8, 4) is 0 Å². The van der Waals surface area contributed by atoms with Crippen molar-refractivity contribution in [1.29, 1.82) is 0 Å². The van der Waals surface area contributed by atoms with Crippen LogP contribution in [0.25, 0.3) is 5.57 Å². The summed E-state index contributed by atoms with van der Waals surface area (Å²) in [6.07, 6.45) is 9.22. The van der Waals surface area contributed by atoms with Gasteiger partial charge in [-0.15, -0.1) is 0 Å². The van der Waals surface area contributed by atoms with Crippen LogP contribution in [-0.4, -0.2) is 16.2 Å². The molecule has 1 aliphatic heterocycles. The van der Waals surface area contributed by atoms with Gasteiger partial charge in [0.2, 0.25) is 0 Å². The molecular formula is C9H8N3S. The van der Waals surface area contributed by atoms with Crippen LogP contribution < -0.4 is 5.32 Å². The molecular weight excluding hydrogens is 182 g/mol. The average molecular weight is 190 g/mol. The van der Waals surface area contributed by atoms with Crippen LogP contribution in [0.3, 0.4) is 0 Å². The molecule has 0 bridgehead atoms. The molecule has 0 N–H and O–H groups in total. The lowest BCUT2D eigenvalue weighted by Crippen LogP contribution is -1.90. The minimum atomic E-state index is 0.790. The molecule has 1 radical (unpaired) electrons. The number of thioether (sulfide) groups is 1. The van der Waals surface area contributed by atoms with E-state index in [0.717, 1.165) is 16.4 Å². The highest BCUT2D eigenvalue weighted by Gasteiger charge is 2.04. The highest BCUT2D eigenvalue weighted by molar-refractivity contribution is 7.98. The Kier molecular flexibility index (Phi) is 2.31. The molecule has 1 aliphatic rings. The fourth-order valence-electron chi connectivity index (χ4n) is 1.04. The number of aromatic nitrogens is 2. The fourth-order valence-corrected chi connectivity index (χ4v) is 1.40. The lowest BCUT2D eigenvalue weighted by molar-refractivity contribution is 0.957. The normalized spacial score (nSPS) is 14.1. The summed E-state index contributed by atoms with van der Waals surface area (Å²) in [6, 6.07) is 1.89. The molecule has 4 heteroatoms. The van der Waals surface area contributed by atoms with Crippen LogP contribution in [0.1, 0.15) is 5.69 Å². The van der Waals surface area contributed by atoms with E-state index in [1.54, 1.807) is 18.6 Å². The van der Waals surface area contributed by atoms with Gasteiger partial charge in [-0.05, 0) is 18.4 Å². The average Bonchev–Trinajstić information content (AvgIpc) is 2.71. The van der Waals surface area contributed by atoms with E-state index in [2.05, 4.69) is 15.3 Å². The summed E-state index contributed by atoms with van der Waals surface area (Å²) < 4.78 is 0. The molecule has 0 saturated carbocycles. The summed E-state index contributed by atoms with van der Waals surface area (Å²) in [6.45, 7) is 0. The van der Waals surface area contributed by atoms with Gasteiger partial charge in [0, 0.05) is 24.2 Å². The first-order valence-electron chi connectivity index (χ1n) is 3.84. The highest BCUT2D eigenvalue weighted by atomic mass is 32.2. The molecule has 0 amide bonds. The molecule has 65 valence electrons. The summed E-state index contributed by atoms with van der Waals surface area (Å²) in [5, 5.41) is 4.78. The molecule has 0 aromatic carbocycles. The molecule has 1 aromatic heterocycles. The predicted molar refractivity (Wildman–Crippen MR) is 53.1 cm³/mol. The van der Waals surface area contributed by atoms with E-state index in [1.165, 1.54) is 11.8 Å². The zero-order chi connectivity index (χ0) is 9.10. The number of rotatable bonds is 2. The van der Waals surface area contributed by atoms with Gasteiger partial charge >= 0.3 is 0 Å². The van der Waals surface area contributed by atoms with Crippen molar-refractivity contribution < 1.29 is 0 Å². The minimum absolute atomic E-state index is 0.790. The maximum Gasteiger partial charge on any atom is 0.187 e. The third kappa shape index (κ3) is 1.72. The zero-order valence-electron chi connectivity index (χ0n) is 7.14. The van der Waals surface area contributed by atoms with Crippen LogP contribution in [-0.2, 0) is 0 Å². The van der Waals surface area contributed by atoms with Gasteiger partial charge in [-0.25, -0.2) is 9.97 Å². The first kappa shape index (κ1) is 8.31. The van der Waals surface area contributed by atoms with Crippen molar-refractivity contribution in [2.45, 2.75) is 5.16 Å². The third-order valence-corrected chi connectivity index (χ3v) is 2.23. The topological polar surface area (TPSA) is 39.9 Å². The molecule has 13 heavy (non-hydrogen) atoms. The number of allylic oxidation sites excluding steroid dienone is 2. The Balaban J connectivity index is 2.35. The Morgan fingerprint density at radius 3 is 3.00 bits per heavy atom. The van der Waals surface area contributed by atoms with Crippen molar-refractivity contribution in [1.82, 2.24) is 15.3 Å². The lowest BCUT2D eigenvalue weighted by Gasteiger charge is -1.99. The van der Waals surface area contributed by atoms with Gasteiger partial charge in [0.25, 0.3) is 0 Å². The molecule has 0 atom stereocenters. The van der Waals surface area contributed by atoms with Crippen molar-refractivity contribution in [3.05, 3.63) is 36.4 Å². The Morgan fingerprint density at radius 1 is 1.38 bits per heavy atom. The van der Waals surface area contributed by atoms with Crippen molar-refractivity contribution in [3.63, 3.8) is 0 Å². The fraction of sp³-hybridized carbons (Fsp3) is 0.111. The molecule has 3 nitrogen and oxygen atoms in total. The molecule has 2 rings (SSSR count). The Morgan fingerprint density at radius 2 is 2.31 bits per heavy atom. The van der Waals surface area contributed by atoms with Crippen LogP contribution >= 0.6 is 11.8 Å². The largest absolute Gasteiger partial charge is 0.264 e. The molecule has 0 saturated heterocycles. The Bertz CT molecular complexity index is 371. The van der Waals surface area contributed by atoms with E-state index in [-0.39, 0.29) is 0 Å². The smallest absolute Gasteiger partial charge is 0.187 e. The van der Waals surface area contributed by atoms with Crippen molar-refractivity contribution in [2.75, 3.05) is 6.26 Å². The minimum Gasteiger partial charge on any atom is -0.264 e. The summed E-state index contributed by atoms with van der Waals surface area (Å²) in [5.41, 5.74) is 1.97. The number of hydrogen-bond donors (Lipinski definition) is 0. The third-order valence-electron chi connectivity index (χ3n) is 1.67. The van der Waals surface area contributed by atoms with Crippen LogP contribution in [0.5, 0.6) is 0 Å². The molecule has 0 aliphatic carbocycles. The van der Waals surface area contributed by atoms with Crippen LogP contribution in [0.2, 0.25) is 0 Å². The molecule has 2 heterocycles. The maximum atomic E-state index is 4.35. The second-order valence-electron chi connectivity index (χ2n) is 2.48. The van der Waals surface area contributed by atoms with Gasteiger partial charge in [0.15, 0.2) is 5.16 Å². The second-order valence-corrected chi connectivity index (χ2v) is 3.25. The van der Waals surface area contributed by atoms with Crippen LogP contribution in [0, 0.1) is 0 Å². The zero-order valence-corrected chi connectivity index (χ0v) is 7.95. The summed E-state index contributed by atoms with van der Waals surface area (Å²) in [7, 11) is 0. The molecule has 1 aromatic rings. The Hall–Kier alpha value is -1.29. The first-order valence-corrected chi connectivity index (χ1v) is 5.07. The predicted octanol–water partition coefficient (Wildman–Crippen LogP) is 1.67. The number of hydrogen-bond acceptors (Lipinski definition) is 3. The van der Waals surface area contributed by atoms with Gasteiger partial charge in [0.1, 0.15) is 0 Å². The summed E-state index contributed by atoms with van der Waals surface area (Å²) in [4.78, 5) is 8.44. The van der Waals surface area contributed by atoms with Gasteiger partial charge in [-0.2, -0.15) is 0 Å². The Labute approximate surface area is 81.0 Å². The van der Waals surface area contributed by atoms with Crippen molar-refractivity contribution >= 4 is 17.3 Å². The standard InChI is InChI=1S/C9H8N3S/c1-13-9-11-5-3-8(12-9)7-2-4-10-6-7/h2-6H,1H3. The van der Waals surface area contributed by atoms with E-state index in [9.17, 15) is 0 Å². The van der Waals surface area contributed by atoms with E-state index < -0.39 is 0 Å². The summed E-state index contributed by atoms with van der Waals surface area (Å²) >= 11 is 1.54. The highest BCUT2D eigenvalue weighted by Crippen LogP contribution is 2.17. The van der Waals surface area contributed by atoms with Gasteiger partial charge in [-0.1, -0.05) is 11.8 Å². The van der Waals surface area contributed by atoms with E-state index >= 15 is 0 Å². The van der Waals surface area contributed by atoms with Gasteiger partial charge < -0.3 is 0 Å². The van der Waals surface area contributed by atoms with Crippen LogP contribution in [0.15, 0.2) is 35.9 Å². The molecule has 0 spiro atoms. The van der Waals surface area contributed by atoms with E-state index in [0.29, 0.717) is 0 Å². The SMILES string of the molecule is CSc1nccc(C2=C[N]C=C2)n1. The maximum absolute atomic E-state index is 4.35.